The van der Waals surface area contributed by atoms with E-state index >= 15 is 0 Å². The van der Waals surface area contributed by atoms with Crippen molar-refractivity contribution in [3.63, 3.8) is 0 Å². The molecule has 0 amide bonds. The maximum absolute atomic E-state index is 8.19. The monoisotopic (exact) mass is 136 g/mol. The van der Waals surface area contributed by atoms with Crippen LogP contribution < -0.4 is 0 Å². The largest absolute Gasteiger partial charge is 0.289 e. The Morgan fingerprint density at radius 3 is 2.20 bits per heavy atom. The highest BCUT2D eigenvalue weighted by Crippen LogP contribution is 1.81. The second-order valence-electron chi connectivity index (χ2n) is 1.77. The summed E-state index contributed by atoms with van der Waals surface area (Å²) in [5.41, 5.74) is 0.0987. The van der Waals surface area contributed by atoms with Crippen molar-refractivity contribution >= 4 is 17.3 Å². The molecule has 10 heavy (non-hydrogen) atoms. The average Bonchev–Trinajstić information content (AvgIpc) is 1.85. The van der Waals surface area contributed by atoms with Gasteiger partial charge in [-0.15, -0.1) is 0 Å². The topological polar surface area (TPSA) is 83.8 Å². The van der Waals surface area contributed by atoms with Crippen LogP contribution in [0.3, 0.4) is 0 Å². The number of nitriles is 1. The van der Waals surface area contributed by atoms with E-state index in [1.54, 1.807) is 6.07 Å². The highest BCUT2D eigenvalue weighted by atomic mass is 14.8. The van der Waals surface area contributed by atoms with Crippen LogP contribution in [0.25, 0.3) is 0 Å². The lowest BCUT2D eigenvalue weighted by atomic mass is 10.3. The lowest BCUT2D eigenvalue weighted by molar-refractivity contribution is 1.40. The van der Waals surface area contributed by atoms with Gasteiger partial charge in [0, 0.05) is 0 Å². The van der Waals surface area contributed by atoms with Crippen LogP contribution in [0.5, 0.6) is 0 Å². The van der Waals surface area contributed by atoms with Gasteiger partial charge in [-0.25, -0.2) is 4.99 Å². The van der Waals surface area contributed by atoms with Crippen LogP contribution in [0, 0.1) is 22.1 Å². The molecule has 0 heterocycles. The Hall–Kier alpha value is -1.50. The van der Waals surface area contributed by atoms with Crippen molar-refractivity contribution in [2.45, 2.75) is 13.8 Å². The van der Waals surface area contributed by atoms with Gasteiger partial charge in [-0.1, -0.05) is 0 Å². The van der Waals surface area contributed by atoms with Gasteiger partial charge < -0.3 is 0 Å². The maximum Gasteiger partial charge on any atom is 0.153 e. The zero-order valence-corrected chi connectivity index (χ0v) is 5.89. The fourth-order valence-corrected chi connectivity index (χ4v) is 0.388. The number of rotatable bonds is 1. The van der Waals surface area contributed by atoms with Gasteiger partial charge in [-0.05, 0) is 13.8 Å². The third-order valence-corrected chi connectivity index (χ3v) is 0.809. The third kappa shape index (κ3) is 2.72. The number of aliphatic imine (C=N–C) groups is 1. The molecule has 0 aliphatic rings. The molecule has 4 nitrogen and oxygen atoms in total. The van der Waals surface area contributed by atoms with Gasteiger partial charge in [0.2, 0.25) is 0 Å². The smallest absolute Gasteiger partial charge is 0.153 e. The summed E-state index contributed by atoms with van der Waals surface area (Å²) >= 11 is 0. The molecule has 0 atom stereocenters. The molecule has 0 aliphatic carbocycles. The molecule has 0 aromatic rings. The molecule has 0 rings (SSSR count). The second kappa shape index (κ2) is 3.51. The molecular formula is C6H8N4. The first-order valence-corrected chi connectivity index (χ1v) is 2.67. The Kier molecular flexibility index (Phi) is 2.98. The van der Waals surface area contributed by atoms with E-state index in [1.165, 1.54) is 13.8 Å². The quantitative estimate of drug-likeness (QED) is 0.408. The predicted octanol–water partition coefficient (Wildman–Crippen LogP) is 0.988. The summed E-state index contributed by atoms with van der Waals surface area (Å²) in [5.74, 6) is 0.109. The predicted molar refractivity (Wildman–Crippen MR) is 39.8 cm³/mol. The number of nitrogens with one attached hydrogen (secondary N) is 2. The van der Waals surface area contributed by atoms with E-state index in [0.29, 0.717) is 0 Å². The van der Waals surface area contributed by atoms with E-state index in [9.17, 15) is 0 Å². The number of amidine groups is 1. The Labute approximate surface area is 59.2 Å². The fourth-order valence-electron chi connectivity index (χ4n) is 0.388. The highest BCUT2D eigenvalue weighted by molar-refractivity contribution is 6.47. The van der Waals surface area contributed by atoms with Crippen LogP contribution in [0.4, 0.5) is 0 Å². The maximum atomic E-state index is 8.19. The second-order valence-corrected chi connectivity index (χ2v) is 1.77. The van der Waals surface area contributed by atoms with Crippen molar-refractivity contribution in [1.29, 1.82) is 16.1 Å². The molecule has 4 heteroatoms. The molecule has 0 aliphatic heterocycles. The van der Waals surface area contributed by atoms with E-state index in [-0.39, 0.29) is 17.3 Å². The molecular weight excluding hydrogens is 128 g/mol. The molecule has 0 bridgehead atoms. The standard InChI is InChI=1S/C6H8N4/c1-4(6(9)3-7)10-5(2)8/h8-9H,1-2H3. The zero-order chi connectivity index (χ0) is 8.15. The van der Waals surface area contributed by atoms with E-state index < -0.39 is 0 Å². The Bertz CT molecular complexity index is 231. The third-order valence-electron chi connectivity index (χ3n) is 0.809. The molecule has 2 N–H and O–H groups in total. The molecule has 0 saturated heterocycles. The normalized spacial score (nSPS) is 10.3. The average molecular weight is 136 g/mol. The minimum Gasteiger partial charge on any atom is -0.289 e. The van der Waals surface area contributed by atoms with Crippen molar-refractivity contribution in [1.82, 2.24) is 0 Å². The minimum atomic E-state index is -0.188. The van der Waals surface area contributed by atoms with Gasteiger partial charge in [0.25, 0.3) is 0 Å². The first-order valence-electron chi connectivity index (χ1n) is 2.67. The number of nitrogens with zero attached hydrogens (tertiary/aromatic N) is 2. The molecule has 0 aromatic carbocycles. The van der Waals surface area contributed by atoms with E-state index in [2.05, 4.69) is 4.99 Å². The molecule has 0 spiro atoms. The SMILES string of the molecule is CC(=N)N=C(C)C(=N)C#N. The van der Waals surface area contributed by atoms with Gasteiger partial charge in [0.1, 0.15) is 11.9 Å². The summed E-state index contributed by atoms with van der Waals surface area (Å²) in [4.78, 5) is 3.60. The molecule has 0 radical (unpaired) electrons. The first-order chi connectivity index (χ1) is 4.57. The van der Waals surface area contributed by atoms with E-state index in [0.717, 1.165) is 0 Å². The lowest BCUT2D eigenvalue weighted by Crippen LogP contribution is -2.07. The van der Waals surface area contributed by atoms with Crippen LogP contribution in [-0.2, 0) is 0 Å². The van der Waals surface area contributed by atoms with E-state index in [4.69, 9.17) is 16.1 Å². The molecule has 52 valence electrons. The molecule has 0 unspecified atom stereocenters. The Morgan fingerprint density at radius 2 is 1.90 bits per heavy atom. The Morgan fingerprint density at radius 1 is 1.40 bits per heavy atom. The van der Waals surface area contributed by atoms with Crippen LogP contribution in [0.15, 0.2) is 4.99 Å². The van der Waals surface area contributed by atoms with Gasteiger partial charge in [-0.2, -0.15) is 5.26 Å². The molecule has 0 saturated carbocycles. The zero-order valence-electron chi connectivity index (χ0n) is 5.89. The van der Waals surface area contributed by atoms with Crippen molar-refractivity contribution in [3.8, 4) is 6.07 Å². The molecule has 0 aromatic heterocycles. The summed E-state index contributed by atoms with van der Waals surface area (Å²) in [5, 5.41) is 22.0. The lowest BCUT2D eigenvalue weighted by Gasteiger charge is -1.90. The van der Waals surface area contributed by atoms with Crippen LogP contribution in [0.1, 0.15) is 13.8 Å². The summed E-state index contributed by atoms with van der Waals surface area (Å²) in [7, 11) is 0. The minimum absolute atomic E-state index is 0.109. The Balaban J connectivity index is 4.38. The van der Waals surface area contributed by atoms with Crippen molar-refractivity contribution in [3.05, 3.63) is 0 Å². The number of hydrogen-bond acceptors (Lipinski definition) is 3. The highest BCUT2D eigenvalue weighted by Gasteiger charge is 1.97. The van der Waals surface area contributed by atoms with Crippen LogP contribution in [0.2, 0.25) is 0 Å². The van der Waals surface area contributed by atoms with Crippen LogP contribution >= 0.6 is 0 Å². The van der Waals surface area contributed by atoms with Crippen molar-refractivity contribution in [2.24, 2.45) is 4.99 Å². The van der Waals surface area contributed by atoms with E-state index in [1.807, 2.05) is 0 Å². The summed E-state index contributed by atoms with van der Waals surface area (Å²) in [6.45, 7) is 3.03. The van der Waals surface area contributed by atoms with Gasteiger partial charge in [0.05, 0.1) is 5.71 Å². The fraction of sp³-hybridized carbons (Fsp3) is 0.333. The van der Waals surface area contributed by atoms with Crippen molar-refractivity contribution < 1.29 is 0 Å². The van der Waals surface area contributed by atoms with Crippen LogP contribution in [-0.4, -0.2) is 17.3 Å². The summed E-state index contributed by atoms with van der Waals surface area (Å²) < 4.78 is 0. The summed E-state index contributed by atoms with van der Waals surface area (Å²) in [6, 6.07) is 1.63. The van der Waals surface area contributed by atoms with Gasteiger partial charge in [-0.3, -0.25) is 10.8 Å². The van der Waals surface area contributed by atoms with Crippen molar-refractivity contribution in [2.75, 3.05) is 0 Å². The van der Waals surface area contributed by atoms with Gasteiger partial charge in [0.15, 0.2) is 5.71 Å². The first kappa shape index (κ1) is 8.50. The summed E-state index contributed by atoms with van der Waals surface area (Å²) in [6.07, 6.45) is 0. The molecule has 0 fully saturated rings. The number of hydrogen-bond donors (Lipinski definition) is 2. The van der Waals surface area contributed by atoms with Gasteiger partial charge >= 0.3 is 0 Å².